The standard InChI is InChI=1S/C21H17N3O3S2/c25-19(11-16-13-29-21(24-16)18-7-3-9-28-18)22-12-14-4-1-5-15(10-14)23-20(26)17-6-2-8-27-17/h1-10,13H,11-12H2,(H,22,25)(H,23,26). The van der Waals surface area contributed by atoms with Gasteiger partial charge in [0.15, 0.2) is 5.76 Å². The zero-order valence-corrected chi connectivity index (χ0v) is 16.9. The first kappa shape index (κ1) is 19.1. The molecule has 4 aromatic rings. The Kier molecular flexibility index (Phi) is 5.83. The van der Waals surface area contributed by atoms with Gasteiger partial charge in [-0.1, -0.05) is 18.2 Å². The molecule has 0 fully saturated rings. The van der Waals surface area contributed by atoms with Crippen molar-refractivity contribution in [3.05, 3.63) is 82.6 Å². The first-order valence-electron chi connectivity index (χ1n) is 8.86. The van der Waals surface area contributed by atoms with Crippen LogP contribution in [0.2, 0.25) is 0 Å². The molecule has 6 nitrogen and oxygen atoms in total. The summed E-state index contributed by atoms with van der Waals surface area (Å²) in [7, 11) is 0. The number of thiazole rings is 1. The molecule has 0 bridgehead atoms. The smallest absolute Gasteiger partial charge is 0.291 e. The van der Waals surface area contributed by atoms with Gasteiger partial charge in [0.05, 0.1) is 23.3 Å². The number of rotatable bonds is 7. The topological polar surface area (TPSA) is 84.2 Å². The molecule has 0 unspecified atom stereocenters. The Labute approximate surface area is 175 Å². The summed E-state index contributed by atoms with van der Waals surface area (Å²) in [4.78, 5) is 30.0. The largest absolute Gasteiger partial charge is 0.459 e. The number of anilines is 1. The molecule has 1 aromatic carbocycles. The maximum Gasteiger partial charge on any atom is 0.291 e. The van der Waals surface area contributed by atoms with Crippen molar-refractivity contribution in [1.29, 1.82) is 0 Å². The van der Waals surface area contributed by atoms with Crippen LogP contribution in [-0.2, 0) is 17.8 Å². The van der Waals surface area contributed by atoms with Crippen LogP contribution in [0, 0.1) is 0 Å². The quantitative estimate of drug-likeness (QED) is 0.456. The Morgan fingerprint density at radius 3 is 2.79 bits per heavy atom. The van der Waals surface area contributed by atoms with Crippen LogP contribution in [0.1, 0.15) is 21.8 Å². The lowest BCUT2D eigenvalue weighted by molar-refractivity contribution is -0.120. The summed E-state index contributed by atoms with van der Waals surface area (Å²) < 4.78 is 5.09. The molecular formula is C21H17N3O3S2. The number of thiophene rings is 1. The molecule has 0 spiro atoms. The van der Waals surface area contributed by atoms with Crippen molar-refractivity contribution in [3.8, 4) is 9.88 Å². The number of benzene rings is 1. The number of carbonyl (C=O) groups excluding carboxylic acids is 2. The molecule has 2 amide bonds. The zero-order chi connectivity index (χ0) is 20.1. The minimum Gasteiger partial charge on any atom is -0.459 e. The van der Waals surface area contributed by atoms with Crippen molar-refractivity contribution in [1.82, 2.24) is 10.3 Å². The van der Waals surface area contributed by atoms with Crippen molar-refractivity contribution >= 4 is 40.2 Å². The van der Waals surface area contributed by atoms with Crippen molar-refractivity contribution < 1.29 is 14.0 Å². The molecule has 146 valence electrons. The van der Waals surface area contributed by atoms with Gasteiger partial charge in [0.1, 0.15) is 5.01 Å². The summed E-state index contributed by atoms with van der Waals surface area (Å²) in [6, 6.07) is 14.6. The molecule has 29 heavy (non-hydrogen) atoms. The van der Waals surface area contributed by atoms with Gasteiger partial charge in [0, 0.05) is 17.6 Å². The first-order valence-corrected chi connectivity index (χ1v) is 10.6. The van der Waals surface area contributed by atoms with Crippen LogP contribution in [0.4, 0.5) is 5.69 Å². The third-order valence-corrected chi connectivity index (χ3v) is 5.98. The van der Waals surface area contributed by atoms with E-state index in [9.17, 15) is 9.59 Å². The van der Waals surface area contributed by atoms with E-state index < -0.39 is 0 Å². The average Bonchev–Trinajstić information content (AvgIpc) is 3.48. The lowest BCUT2D eigenvalue weighted by atomic mass is 10.2. The fourth-order valence-corrected chi connectivity index (χ4v) is 4.32. The van der Waals surface area contributed by atoms with Crippen molar-refractivity contribution in [2.75, 3.05) is 5.32 Å². The van der Waals surface area contributed by atoms with Crippen LogP contribution >= 0.6 is 22.7 Å². The number of amides is 2. The van der Waals surface area contributed by atoms with Crippen LogP contribution in [-0.4, -0.2) is 16.8 Å². The van der Waals surface area contributed by atoms with E-state index in [1.807, 2.05) is 41.1 Å². The minimum atomic E-state index is -0.318. The van der Waals surface area contributed by atoms with Gasteiger partial charge in [0.25, 0.3) is 5.91 Å². The SMILES string of the molecule is O=C(Cc1csc(-c2cccs2)n1)NCc1cccc(NC(=O)c2ccco2)c1. The molecular weight excluding hydrogens is 406 g/mol. The highest BCUT2D eigenvalue weighted by molar-refractivity contribution is 7.20. The molecule has 3 aromatic heterocycles. The van der Waals surface area contributed by atoms with E-state index in [0.29, 0.717) is 12.2 Å². The van der Waals surface area contributed by atoms with E-state index in [4.69, 9.17) is 4.42 Å². The highest BCUT2D eigenvalue weighted by Gasteiger charge is 2.11. The number of hydrogen-bond acceptors (Lipinski definition) is 6. The fraction of sp³-hybridized carbons (Fsp3) is 0.0952. The Morgan fingerprint density at radius 2 is 2.00 bits per heavy atom. The number of aromatic nitrogens is 1. The predicted octanol–water partition coefficient (Wildman–Crippen LogP) is 4.58. The van der Waals surface area contributed by atoms with Crippen LogP contribution in [0.5, 0.6) is 0 Å². The van der Waals surface area contributed by atoms with Gasteiger partial charge >= 0.3 is 0 Å². The number of nitrogens with zero attached hydrogens (tertiary/aromatic N) is 1. The summed E-state index contributed by atoms with van der Waals surface area (Å²) in [6.07, 6.45) is 1.68. The van der Waals surface area contributed by atoms with Gasteiger partial charge in [-0.05, 0) is 41.3 Å². The zero-order valence-electron chi connectivity index (χ0n) is 15.3. The van der Waals surface area contributed by atoms with Crippen LogP contribution in [0.3, 0.4) is 0 Å². The normalized spacial score (nSPS) is 10.6. The minimum absolute atomic E-state index is 0.0990. The number of hydrogen-bond donors (Lipinski definition) is 2. The van der Waals surface area contributed by atoms with Gasteiger partial charge in [-0.2, -0.15) is 0 Å². The van der Waals surface area contributed by atoms with Crippen LogP contribution in [0.25, 0.3) is 9.88 Å². The van der Waals surface area contributed by atoms with Gasteiger partial charge < -0.3 is 15.1 Å². The second-order valence-electron chi connectivity index (χ2n) is 6.21. The summed E-state index contributed by atoms with van der Waals surface area (Å²) in [5.41, 5.74) is 2.28. The van der Waals surface area contributed by atoms with E-state index in [1.165, 1.54) is 6.26 Å². The Morgan fingerprint density at radius 1 is 1.07 bits per heavy atom. The summed E-state index contributed by atoms with van der Waals surface area (Å²) in [5.74, 6) is -0.173. The second-order valence-corrected chi connectivity index (χ2v) is 8.01. The third kappa shape index (κ3) is 4.98. The van der Waals surface area contributed by atoms with Crippen molar-refractivity contribution in [3.63, 3.8) is 0 Å². The Hall–Kier alpha value is -3.23. The van der Waals surface area contributed by atoms with Gasteiger partial charge in [0.2, 0.25) is 5.91 Å². The summed E-state index contributed by atoms with van der Waals surface area (Å²) in [5, 5.41) is 10.5. The maximum absolute atomic E-state index is 12.3. The molecule has 0 saturated carbocycles. The molecule has 0 aliphatic heterocycles. The van der Waals surface area contributed by atoms with Gasteiger partial charge in [-0.15, -0.1) is 22.7 Å². The molecule has 4 rings (SSSR count). The highest BCUT2D eigenvalue weighted by Crippen LogP contribution is 2.27. The lowest BCUT2D eigenvalue weighted by Crippen LogP contribution is -2.24. The highest BCUT2D eigenvalue weighted by atomic mass is 32.1. The molecule has 0 saturated heterocycles. The number of nitrogens with one attached hydrogen (secondary N) is 2. The second kappa shape index (κ2) is 8.85. The van der Waals surface area contributed by atoms with Gasteiger partial charge in [-0.25, -0.2) is 4.98 Å². The third-order valence-electron chi connectivity index (χ3n) is 4.04. The lowest BCUT2D eigenvalue weighted by Gasteiger charge is -2.08. The van der Waals surface area contributed by atoms with E-state index in [2.05, 4.69) is 15.6 Å². The monoisotopic (exact) mass is 423 g/mol. The van der Waals surface area contributed by atoms with Crippen LogP contribution < -0.4 is 10.6 Å². The van der Waals surface area contributed by atoms with E-state index in [1.54, 1.807) is 40.9 Å². The molecule has 3 heterocycles. The Bertz CT molecular complexity index is 1100. The van der Waals surface area contributed by atoms with E-state index in [-0.39, 0.29) is 24.0 Å². The van der Waals surface area contributed by atoms with Crippen molar-refractivity contribution in [2.24, 2.45) is 0 Å². The molecule has 8 heteroatoms. The molecule has 2 N–H and O–H groups in total. The fourth-order valence-electron chi connectivity index (χ4n) is 2.69. The summed E-state index contributed by atoms with van der Waals surface area (Å²) in [6.45, 7) is 0.366. The van der Waals surface area contributed by atoms with Gasteiger partial charge in [-0.3, -0.25) is 9.59 Å². The molecule has 0 atom stereocenters. The summed E-state index contributed by atoms with van der Waals surface area (Å²) >= 11 is 3.17. The van der Waals surface area contributed by atoms with Crippen molar-refractivity contribution in [2.45, 2.75) is 13.0 Å². The Balaban J connectivity index is 1.31. The number of carbonyl (C=O) groups is 2. The molecule has 0 radical (unpaired) electrons. The molecule has 0 aliphatic rings. The first-order chi connectivity index (χ1) is 14.2. The predicted molar refractivity (Wildman–Crippen MR) is 114 cm³/mol. The molecule has 0 aliphatic carbocycles. The number of furan rings is 1. The van der Waals surface area contributed by atoms with E-state index in [0.717, 1.165) is 21.1 Å². The maximum atomic E-state index is 12.3. The average molecular weight is 424 g/mol. The van der Waals surface area contributed by atoms with Crippen LogP contribution in [0.15, 0.2) is 70.0 Å². The van der Waals surface area contributed by atoms with E-state index >= 15 is 0 Å².